The first-order chi connectivity index (χ1) is 8.99. The van der Waals surface area contributed by atoms with Gasteiger partial charge in [-0.05, 0) is 24.7 Å². The highest BCUT2D eigenvalue weighted by Crippen LogP contribution is 2.20. The fourth-order valence-corrected chi connectivity index (χ4v) is 2.17. The Kier molecular flexibility index (Phi) is 5.92. The summed E-state index contributed by atoms with van der Waals surface area (Å²) in [6.45, 7) is 2.80. The molecule has 1 aromatic rings. The molecule has 0 radical (unpaired) electrons. The van der Waals surface area contributed by atoms with E-state index in [0.717, 1.165) is 5.56 Å². The zero-order valence-corrected chi connectivity index (χ0v) is 11.7. The van der Waals surface area contributed by atoms with Crippen LogP contribution in [0.3, 0.4) is 0 Å². The van der Waals surface area contributed by atoms with E-state index < -0.39 is 0 Å². The third kappa shape index (κ3) is 4.29. The summed E-state index contributed by atoms with van der Waals surface area (Å²) in [7, 11) is 3.51. The van der Waals surface area contributed by atoms with E-state index in [1.807, 2.05) is 24.9 Å². The maximum absolute atomic E-state index is 13.2. The second kappa shape index (κ2) is 7.21. The molecule has 2 atom stereocenters. The van der Waals surface area contributed by atoms with Crippen LogP contribution in [0.25, 0.3) is 0 Å². The number of rotatable bonds is 6. The Bertz CT molecular complexity index is 425. The summed E-state index contributed by atoms with van der Waals surface area (Å²) in [6.07, 6.45) is 0. The molecule has 19 heavy (non-hydrogen) atoms. The number of likely N-dealkylation sites (N-methyl/N-ethyl adjacent to an activating group) is 1. The summed E-state index contributed by atoms with van der Waals surface area (Å²) >= 11 is 0. The highest BCUT2D eigenvalue weighted by Gasteiger charge is 2.20. The number of nitrogens with zero attached hydrogens (tertiary/aromatic N) is 1. The minimum Gasteiger partial charge on any atom is -0.359 e. The fourth-order valence-electron chi connectivity index (χ4n) is 2.17. The van der Waals surface area contributed by atoms with Gasteiger partial charge in [0, 0.05) is 32.1 Å². The van der Waals surface area contributed by atoms with Crippen molar-refractivity contribution in [2.45, 2.75) is 13.0 Å². The van der Waals surface area contributed by atoms with Crippen LogP contribution >= 0.6 is 0 Å². The minimum atomic E-state index is -0.274. The van der Waals surface area contributed by atoms with Crippen molar-refractivity contribution in [1.82, 2.24) is 10.2 Å². The maximum atomic E-state index is 13.2. The third-order valence-corrected chi connectivity index (χ3v) is 3.24. The highest BCUT2D eigenvalue weighted by molar-refractivity contribution is 5.78. The lowest BCUT2D eigenvalue weighted by atomic mass is 10.0. The Balaban J connectivity index is 2.77. The van der Waals surface area contributed by atoms with E-state index in [9.17, 15) is 9.18 Å². The number of carbonyl (C=O) groups is 1. The molecule has 0 saturated heterocycles. The van der Waals surface area contributed by atoms with Gasteiger partial charge in [-0.25, -0.2) is 4.39 Å². The van der Waals surface area contributed by atoms with Crippen molar-refractivity contribution in [3.63, 3.8) is 0 Å². The molecule has 0 aliphatic carbocycles. The number of nitrogens with one attached hydrogen (secondary N) is 1. The predicted molar refractivity (Wildman–Crippen MR) is 74.1 cm³/mol. The summed E-state index contributed by atoms with van der Waals surface area (Å²) < 4.78 is 13.2. The molecule has 4 nitrogen and oxygen atoms in total. The minimum absolute atomic E-state index is 0.0122. The van der Waals surface area contributed by atoms with Crippen molar-refractivity contribution in [2.24, 2.45) is 11.7 Å². The Labute approximate surface area is 113 Å². The third-order valence-electron chi connectivity index (χ3n) is 3.24. The monoisotopic (exact) mass is 267 g/mol. The second-order valence-corrected chi connectivity index (χ2v) is 4.76. The first-order valence-electron chi connectivity index (χ1n) is 6.37. The zero-order chi connectivity index (χ0) is 14.4. The lowest BCUT2D eigenvalue weighted by Crippen LogP contribution is -2.38. The van der Waals surface area contributed by atoms with Gasteiger partial charge in [-0.2, -0.15) is 0 Å². The molecule has 0 bridgehead atoms. The standard InChI is InChI=1S/C14H22FN3O/c1-10(14(19)17-2)9-18(3)13(8-16)11-5-4-6-12(15)7-11/h4-7,10,13H,8-9,16H2,1-3H3,(H,17,19). The molecule has 3 N–H and O–H groups in total. The Morgan fingerprint density at radius 2 is 2.21 bits per heavy atom. The molecule has 0 saturated carbocycles. The number of hydrogen-bond acceptors (Lipinski definition) is 3. The number of carbonyl (C=O) groups excluding carboxylic acids is 1. The molecule has 0 aliphatic heterocycles. The molecule has 5 heteroatoms. The van der Waals surface area contributed by atoms with E-state index in [4.69, 9.17) is 5.73 Å². The number of benzene rings is 1. The largest absolute Gasteiger partial charge is 0.359 e. The lowest BCUT2D eigenvalue weighted by molar-refractivity contribution is -0.124. The number of halogens is 1. The normalized spacial score (nSPS) is 14.2. The van der Waals surface area contributed by atoms with Crippen LogP contribution in [0.1, 0.15) is 18.5 Å². The first-order valence-corrected chi connectivity index (χ1v) is 6.37. The number of nitrogens with two attached hydrogens (primary N) is 1. The van der Waals surface area contributed by atoms with Crippen molar-refractivity contribution in [2.75, 3.05) is 27.2 Å². The van der Waals surface area contributed by atoms with Crippen LogP contribution in [0.5, 0.6) is 0 Å². The first kappa shape index (κ1) is 15.6. The van der Waals surface area contributed by atoms with Gasteiger partial charge in [0.1, 0.15) is 5.82 Å². The van der Waals surface area contributed by atoms with Gasteiger partial charge in [-0.1, -0.05) is 19.1 Å². The zero-order valence-electron chi connectivity index (χ0n) is 11.7. The van der Waals surface area contributed by atoms with Crippen LogP contribution in [0, 0.1) is 11.7 Å². The van der Waals surface area contributed by atoms with Crippen molar-refractivity contribution in [3.05, 3.63) is 35.6 Å². The number of hydrogen-bond donors (Lipinski definition) is 2. The van der Waals surface area contributed by atoms with Gasteiger partial charge in [0.25, 0.3) is 0 Å². The van der Waals surface area contributed by atoms with Crippen LogP contribution in [0.2, 0.25) is 0 Å². The van der Waals surface area contributed by atoms with Crippen molar-refractivity contribution in [1.29, 1.82) is 0 Å². The molecule has 2 unspecified atom stereocenters. The van der Waals surface area contributed by atoms with Gasteiger partial charge < -0.3 is 11.1 Å². The summed E-state index contributed by atoms with van der Waals surface area (Å²) in [4.78, 5) is 13.5. The Morgan fingerprint density at radius 3 is 2.74 bits per heavy atom. The van der Waals surface area contributed by atoms with Gasteiger partial charge in [-0.3, -0.25) is 9.69 Å². The topological polar surface area (TPSA) is 58.4 Å². The Morgan fingerprint density at radius 1 is 1.53 bits per heavy atom. The molecule has 0 fully saturated rings. The van der Waals surface area contributed by atoms with E-state index in [-0.39, 0.29) is 23.7 Å². The van der Waals surface area contributed by atoms with E-state index >= 15 is 0 Å². The fraction of sp³-hybridized carbons (Fsp3) is 0.500. The molecule has 0 aromatic heterocycles. The smallest absolute Gasteiger partial charge is 0.223 e. The molecule has 106 valence electrons. The average molecular weight is 267 g/mol. The van der Waals surface area contributed by atoms with E-state index in [0.29, 0.717) is 13.1 Å². The maximum Gasteiger partial charge on any atom is 0.223 e. The second-order valence-electron chi connectivity index (χ2n) is 4.76. The van der Waals surface area contributed by atoms with Gasteiger partial charge in [0.15, 0.2) is 0 Å². The Hall–Kier alpha value is -1.46. The highest BCUT2D eigenvalue weighted by atomic mass is 19.1. The molecule has 0 spiro atoms. The van der Waals surface area contributed by atoms with Crippen LogP contribution in [0.4, 0.5) is 4.39 Å². The molecule has 1 amide bonds. The summed E-state index contributed by atoms with van der Waals surface area (Å²) in [5.74, 6) is -0.428. The van der Waals surface area contributed by atoms with Crippen molar-refractivity contribution in [3.8, 4) is 0 Å². The van der Waals surface area contributed by atoms with Crippen molar-refractivity contribution < 1.29 is 9.18 Å². The summed E-state index contributed by atoms with van der Waals surface area (Å²) in [6, 6.07) is 6.32. The SMILES string of the molecule is CNC(=O)C(C)CN(C)C(CN)c1cccc(F)c1. The molecule has 0 aliphatic rings. The molecule has 1 rings (SSSR count). The van der Waals surface area contributed by atoms with Crippen LogP contribution in [-0.2, 0) is 4.79 Å². The van der Waals surface area contributed by atoms with Gasteiger partial charge >= 0.3 is 0 Å². The van der Waals surface area contributed by atoms with Gasteiger partial charge in [-0.15, -0.1) is 0 Å². The average Bonchev–Trinajstić information content (AvgIpc) is 2.38. The lowest BCUT2D eigenvalue weighted by Gasteiger charge is -2.29. The summed E-state index contributed by atoms with van der Waals surface area (Å²) in [5.41, 5.74) is 6.60. The van der Waals surface area contributed by atoms with Gasteiger partial charge in [0.2, 0.25) is 5.91 Å². The summed E-state index contributed by atoms with van der Waals surface area (Å²) in [5, 5.41) is 2.62. The quantitative estimate of drug-likeness (QED) is 0.812. The molecule has 0 heterocycles. The van der Waals surface area contributed by atoms with E-state index in [1.165, 1.54) is 12.1 Å². The number of amides is 1. The van der Waals surface area contributed by atoms with Crippen LogP contribution in [-0.4, -0.2) is 38.0 Å². The molecular formula is C14H22FN3O. The van der Waals surface area contributed by atoms with Crippen molar-refractivity contribution >= 4 is 5.91 Å². The predicted octanol–water partition coefficient (Wildman–Crippen LogP) is 1.14. The van der Waals surface area contributed by atoms with Crippen LogP contribution < -0.4 is 11.1 Å². The van der Waals surface area contributed by atoms with E-state index in [2.05, 4.69) is 5.32 Å². The van der Waals surface area contributed by atoms with Gasteiger partial charge in [0.05, 0.1) is 0 Å². The van der Waals surface area contributed by atoms with Crippen LogP contribution in [0.15, 0.2) is 24.3 Å². The molecular weight excluding hydrogens is 245 g/mol. The van der Waals surface area contributed by atoms with E-state index in [1.54, 1.807) is 13.1 Å². The molecule has 1 aromatic carbocycles.